The van der Waals surface area contributed by atoms with Gasteiger partial charge in [-0.2, -0.15) is 0 Å². The van der Waals surface area contributed by atoms with Gasteiger partial charge in [-0.25, -0.2) is 0 Å². The predicted octanol–water partition coefficient (Wildman–Crippen LogP) is 2.56. The summed E-state index contributed by atoms with van der Waals surface area (Å²) >= 11 is 2.18. The van der Waals surface area contributed by atoms with Gasteiger partial charge in [0.1, 0.15) is 5.76 Å². The Morgan fingerprint density at radius 3 is 2.56 bits per heavy atom. The van der Waals surface area contributed by atoms with Crippen LogP contribution in [0.3, 0.4) is 0 Å². The standard InChI is InChI=1S/C12H21IN2O/c1-12(2,9-15(3)4)8-14-7-10-5-6-11(13)16-10/h5-6,14H,7-9H2,1-4H3. The molecule has 92 valence electrons. The van der Waals surface area contributed by atoms with E-state index in [2.05, 4.69) is 60.8 Å². The van der Waals surface area contributed by atoms with E-state index in [9.17, 15) is 0 Å². The van der Waals surface area contributed by atoms with E-state index in [1.165, 1.54) is 0 Å². The Kier molecular flexibility index (Phi) is 5.27. The third-order valence-corrected chi connectivity index (χ3v) is 2.86. The average molecular weight is 336 g/mol. The number of hydrogen-bond acceptors (Lipinski definition) is 3. The minimum Gasteiger partial charge on any atom is -0.454 e. The Morgan fingerprint density at radius 1 is 1.38 bits per heavy atom. The maximum Gasteiger partial charge on any atom is 0.164 e. The fourth-order valence-corrected chi connectivity index (χ4v) is 2.35. The molecule has 0 amide bonds. The Hall–Kier alpha value is -0.0700. The Bertz CT molecular complexity index is 321. The normalized spacial score (nSPS) is 12.4. The molecule has 16 heavy (non-hydrogen) atoms. The largest absolute Gasteiger partial charge is 0.454 e. The Labute approximate surface area is 112 Å². The molecule has 0 bridgehead atoms. The summed E-state index contributed by atoms with van der Waals surface area (Å²) in [7, 11) is 4.22. The van der Waals surface area contributed by atoms with Gasteiger partial charge in [-0.3, -0.25) is 0 Å². The number of nitrogens with one attached hydrogen (secondary N) is 1. The van der Waals surface area contributed by atoms with Crippen LogP contribution in [-0.2, 0) is 6.54 Å². The van der Waals surface area contributed by atoms with Crippen molar-refractivity contribution in [1.29, 1.82) is 0 Å². The highest BCUT2D eigenvalue weighted by molar-refractivity contribution is 14.1. The van der Waals surface area contributed by atoms with Gasteiger partial charge in [-0.15, -0.1) is 0 Å². The minimum absolute atomic E-state index is 0.281. The van der Waals surface area contributed by atoms with Gasteiger partial charge in [0.25, 0.3) is 0 Å². The van der Waals surface area contributed by atoms with Gasteiger partial charge in [0.2, 0.25) is 0 Å². The van der Waals surface area contributed by atoms with Gasteiger partial charge < -0.3 is 14.6 Å². The maximum absolute atomic E-state index is 5.49. The lowest BCUT2D eigenvalue weighted by atomic mass is 9.93. The van der Waals surface area contributed by atoms with Crippen molar-refractivity contribution in [2.45, 2.75) is 20.4 Å². The topological polar surface area (TPSA) is 28.4 Å². The highest BCUT2D eigenvalue weighted by atomic mass is 127. The van der Waals surface area contributed by atoms with Crippen LogP contribution < -0.4 is 5.32 Å². The molecule has 0 radical (unpaired) electrons. The summed E-state index contributed by atoms with van der Waals surface area (Å²) in [5.74, 6) is 1.00. The first-order valence-corrected chi connectivity index (χ1v) is 6.57. The Morgan fingerprint density at radius 2 is 2.06 bits per heavy atom. The zero-order valence-electron chi connectivity index (χ0n) is 10.5. The number of nitrogens with zero attached hydrogens (tertiary/aromatic N) is 1. The van der Waals surface area contributed by atoms with Crippen molar-refractivity contribution in [2.75, 3.05) is 27.2 Å². The Balaban J connectivity index is 2.29. The highest BCUT2D eigenvalue weighted by Gasteiger charge is 2.18. The molecule has 0 spiro atoms. The molecule has 4 heteroatoms. The SMILES string of the molecule is CN(C)CC(C)(C)CNCc1ccc(I)o1. The number of halogens is 1. The molecule has 0 aliphatic heterocycles. The third kappa shape index (κ3) is 5.32. The van der Waals surface area contributed by atoms with Gasteiger partial charge in [0, 0.05) is 13.1 Å². The van der Waals surface area contributed by atoms with Crippen LogP contribution in [0.1, 0.15) is 19.6 Å². The summed E-state index contributed by atoms with van der Waals surface area (Å²) in [4.78, 5) is 2.22. The second kappa shape index (κ2) is 6.02. The molecule has 3 nitrogen and oxygen atoms in total. The first kappa shape index (κ1) is 14.0. The highest BCUT2D eigenvalue weighted by Crippen LogP contribution is 2.15. The summed E-state index contributed by atoms with van der Waals surface area (Å²) in [6.07, 6.45) is 0. The molecule has 1 aromatic heterocycles. The fourth-order valence-electron chi connectivity index (χ4n) is 1.88. The maximum atomic E-state index is 5.49. The van der Waals surface area contributed by atoms with E-state index in [1.54, 1.807) is 0 Å². The molecule has 1 rings (SSSR count). The van der Waals surface area contributed by atoms with Crippen LogP contribution in [0.5, 0.6) is 0 Å². The van der Waals surface area contributed by atoms with Gasteiger partial charge in [-0.1, -0.05) is 13.8 Å². The van der Waals surface area contributed by atoms with Crippen molar-refractivity contribution >= 4 is 22.6 Å². The van der Waals surface area contributed by atoms with Gasteiger partial charge >= 0.3 is 0 Å². The first-order chi connectivity index (χ1) is 7.39. The molecule has 1 heterocycles. The lowest BCUT2D eigenvalue weighted by Gasteiger charge is -2.28. The number of hydrogen-bond donors (Lipinski definition) is 1. The summed E-state index contributed by atoms with van der Waals surface area (Å²) in [6, 6.07) is 4.01. The molecule has 0 saturated heterocycles. The van der Waals surface area contributed by atoms with Gasteiger partial charge in [0.05, 0.1) is 6.54 Å². The molecule has 0 aliphatic rings. The molecule has 0 saturated carbocycles. The molecule has 0 fully saturated rings. The van der Waals surface area contributed by atoms with Crippen LogP contribution in [0, 0.1) is 9.18 Å². The summed E-state index contributed by atoms with van der Waals surface area (Å²) in [6.45, 7) is 7.41. The smallest absolute Gasteiger partial charge is 0.164 e. The second-order valence-electron chi connectivity index (χ2n) is 5.21. The van der Waals surface area contributed by atoms with Gasteiger partial charge in [0.15, 0.2) is 3.77 Å². The molecule has 1 aromatic rings. The third-order valence-electron chi connectivity index (χ3n) is 2.28. The summed E-state index contributed by atoms with van der Waals surface area (Å²) < 4.78 is 6.44. The van der Waals surface area contributed by atoms with Crippen molar-refractivity contribution < 1.29 is 4.42 Å². The van der Waals surface area contributed by atoms with E-state index in [1.807, 2.05) is 12.1 Å². The number of rotatable bonds is 6. The van der Waals surface area contributed by atoms with Crippen molar-refractivity contribution in [1.82, 2.24) is 10.2 Å². The zero-order chi connectivity index (χ0) is 12.2. The molecular weight excluding hydrogens is 315 g/mol. The molecule has 0 unspecified atom stereocenters. The molecule has 0 aromatic carbocycles. The quantitative estimate of drug-likeness (QED) is 0.810. The van der Waals surface area contributed by atoms with Crippen LogP contribution in [0.2, 0.25) is 0 Å². The molecule has 0 atom stereocenters. The van der Waals surface area contributed by atoms with E-state index in [0.717, 1.165) is 29.2 Å². The van der Waals surface area contributed by atoms with Gasteiger partial charge in [-0.05, 0) is 54.2 Å². The second-order valence-corrected chi connectivity index (χ2v) is 6.27. The van der Waals surface area contributed by atoms with Crippen LogP contribution in [0.25, 0.3) is 0 Å². The van der Waals surface area contributed by atoms with Crippen LogP contribution in [0.4, 0.5) is 0 Å². The van der Waals surface area contributed by atoms with Crippen molar-refractivity contribution in [2.24, 2.45) is 5.41 Å². The molecule has 1 N–H and O–H groups in total. The van der Waals surface area contributed by atoms with E-state index < -0.39 is 0 Å². The van der Waals surface area contributed by atoms with E-state index in [4.69, 9.17) is 4.42 Å². The molecule has 0 aliphatic carbocycles. The van der Waals surface area contributed by atoms with Crippen LogP contribution in [0.15, 0.2) is 16.5 Å². The van der Waals surface area contributed by atoms with E-state index in [0.29, 0.717) is 0 Å². The van der Waals surface area contributed by atoms with Crippen LogP contribution in [-0.4, -0.2) is 32.1 Å². The average Bonchev–Trinajstić information content (AvgIpc) is 2.48. The van der Waals surface area contributed by atoms with E-state index in [-0.39, 0.29) is 5.41 Å². The lowest BCUT2D eigenvalue weighted by Crippen LogP contribution is -2.37. The monoisotopic (exact) mass is 336 g/mol. The number of furan rings is 1. The van der Waals surface area contributed by atoms with Crippen molar-refractivity contribution in [3.63, 3.8) is 0 Å². The van der Waals surface area contributed by atoms with Crippen molar-refractivity contribution in [3.05, 3.63) is 21.7 Å². The molecular formula is C12H21IN2O. The van der Waals surface area contributed by atoms with Crippen LogP contribution >= 0.6 is 22.6 Å². The fraction of sp³-hybridized carbons (Fsp3) is 0.667. The van der Waals surface area contributed by atoms with E-state index >= 15 is 0 Å². The zero-order valence-corrected chi connectivity index (χ0v) is 12.7. The lowest BCUT2D eigenvalue weighted by molar-refractivity contribution is 0.230. The summed E-state index contributed by atoms with van der Waals surface area (Å²) in [5, 5.41) is 3.44. The van der Waals surface area contributed by atoms with Crippen molar-refractivity contribution in [3.8, 4) is 0 Å². The predicted molar refractivity (Wildman–Crippen MR) is 75.5 cm³/mol. The minimum atomic E-state index is 0.281. The first-order valence-electron chi connectivity index (χ1n) is 5.49. The summed E-state index contributed by atoms with van der Waals surface area (Å²) in [5.41, 5.74) is 0.281.